The van der Waals surface area contributed by atoms with Crippen molar-refractivity contribution in [2.24, 2.45) is 5.73 Å². The first kappa shape index (κ1) is 44.4. The monoisotopic (exact) mass is 740 g/mol. The fourth-order valence-corrected chi connectivity index (χ4v) is 5.56. The van der Waals surface area contributed by atoms with Gasteiger partial charge in [0, 0.05) is 18.7 Å². The Labute approximate surface area is 293 Å². The van der Waals surface area contributed by atoms with Gasteiger partial charge in [-0.1, -0.05) is 0 Å². The molecule has 0 radical (unpaired) electrons. The molecular weight excluding hydrogens is 693 g/mol. The first-order valence-corrected chi connectivity index (χ1v) is 20.1. The number of carbonyl (C=O) groups excluding carboxylic acids is 6. The Morgan fingerprint density at radius 3 is 1.36 bits per heavy atom. The number of carboxylic acid groups (broad SMARTS) is 1. The number of rotatable bonds is 25. The minimum atomic E-state index is -1.23. The Morgan fingerprint density at radius 1 is 0.638 bits per heavy atom. The second-order valence-electron chi connectivity index (χ2n) is 9.92. The van der Waals surface area contributed by atoms with Gasteiger partial charge in [-0.05, 0) is 73.7 Å². The largest absolute Gasteiger partial charge is 0.480 e. The second-order valence-corrected chi connectivity index (χ2v) is 13.9. The number of carboxylic acids is 1. The van der Waals surface area contributed by atoms with E-state index in [1.165, 1.54) is 47.0 Å². The molecule has 0 fully saturated rings. The van der Waals surface area contributed by atoms with Crippen molar-refractivity contribution in [1.82, 2.24) is 26.6 Å². The Hall–Kier alpha value is -2.61. The summed E-state index contributed by atoms with van der Waals surface area (Å²) in [7, 11) is 1.15. The fourth-order valence-electron chi connectivity index (χ4n) is 3.68. The Bertz CT molecular complexity index is 1070. The van der Waals surface area contributed by atoms with Crippen LogP contribution >= 0.6 is 47.0 Å². The Balaban J connectivity index is 5.70. The van der Waals surface area contributed by atoms with E-state index in [-0.39, 0.29) is 32.2 Å². The first-order chi connectivity index (χ1) is 22.3. The van der Waals surface area contributed by atoms with Crippen LogP contribution < -0.4 is 32.3 Å². The maximum atomic E-state index is 13.5. The van der Waals surface area contributed by atoms with Crippen molar-refractivity contribution in [3.05, 3.63) is 12.2 Å². The maximum Gasteiger partial charge on any atom is 0.330 e. The molecule has 268 valence electrons. The number of carbonyl (C=O) groups is 7. The number of thioether (sulfide) groups is 4. The number of aliphatic carboxylic acids is 1. The molecule has 0 heterocycles. The van der Waals surface area contributed by atoms with Crippen LogP contribution in [-0.2, 0) is 38.3 Å². The molecule has 19 heteroatoms. The van der Waals surface area contributed by atoms with Crippen LogP contribution in [-0.4, -0.2) is 138 Å². The van der Waals surface area contributed by atoms with Gasteiger partial charge in [0.25, 0.3) is 0 Å². The van der Waals surface area contributed by atoms with E-state index in [1.807, 2.05) is 25.0 Å². The molecule has 0 unspecified atom stereocenters. The van der Waals surface area contributed by atoms with Gasteiger partial charge in [0.15, 0.2) is 0 Å². The van der Waals surface area contributed by atoms with Gasteiger partial charge in [-0.3, -0.25) is 24.0 Å². The molecule has 0 bridgehead atoms. The summed E-state index contributed by atoms with van der Waals surface area (Å²) in [6.45, 7) is -0.286. The van der Waals surface area contributed by atoms with E-state index in [9.17, 15) is 38.7 Å². The number of hydrogen-bond donors (Lipinski definition) is 7. The minimum absolute atomic E-state index is 0.210. The molecule has 0 aromatic carbocycles. The van der Waals surface area contributed by atoms with Crippen LogP contribution in [0.3, 0.4) is 0 Å². The van der Waals surface area contributed by atoms with Gasteiger partial charge in [0.1, 0.15) is 30.2 Å². The van der Waals surface area contributed by atoms with E-state index >= 15 is 0 Å². The molecule has 0 aromatic heterocycles. The second kappa shape index (κ2) is 26.4. The van der Waals surface area contributed by atoms with Crippen LogP contribution in [0.25, 0.3) is 0 Å². The van der Waals surface area contributed by atoms with E-state index in [1.54, 1.807) is 0 Å². The number of esters is 1. The van der Waals surface area contributed by atoms with Crippen LogP contribution in [0.15, 0.2) is 12.2 Å². The van der Waals surface area contributed by atoms with Crippen molar-refractivity contribution >= 4 is 88.5 Å². The molecule has 15 nitrogen and oxygen atoms in total. The Kier molecular flexibility index (Phi) is 24.9. The van der Waals surface area contributed by atoms with Crippen LogP contribution in [0.5, 0.6) is 0 Å². The molecule has 5 atom stereocenters. The summed E-state index contributed by atoms with van der Waals surface area (Å²) in [4.78, 5) is 87.5. The van der Waals surface area contributed by atoms with Crippen molar-refractivity contribution in [3.8, 4) is 0 Å². The summed E-state index contributed by atoms with van der Waals surface area (Å²) in [6, 6.07) is -5.51. The van der Waals surface area contributed by atoms with E-state index in [4.69, 9.17) is 5.73 Å². The van der Waals surface area contributed by atoms with Crippen LogP contribution in [0.1, 0.15) is 25.7 Å². The SMILES string of the molecule is COC(=O)/C=C/C(=O)NC[C@H](N)C(=O)N[C@H](CCSC)C(=O)N[C@H](CCSC)C(=O)N[C@H](CCSC)C(=O)N[C@H](CCSC)C(=O)O. The standard InChI is InChI=1S/C28H48N6O9S4/c1-43-23(36)7-6-22(35)30-16-17(29)24(37)31-18(8-12-44-2)25(38)32-19(9-13-45-3)26(39)33-20(10-14-46-4)27(40)34-21(28(41)42)11-15-47-5/h6-7,17-21H,8-16,29H2,1-5H3,(H,30,35)(H,31,37)(H,32,38)(H,33,39)(H,34,40)(H,41,42)/b7-6+/t17-,18+,19+,20+,21+/m0/s1. The van der Waals surface area contributed by atoms with Crippen LogP contribution in [0, 0.1) is 0 Å². The van der Waals surface area contributed by atoms with E-state index in [0.717, 1.165) is 19.3 Å². The zero-order valence-electron chi connectivity index (χ0n) is 27.3. The fraction of sp³-hybridized carbons (Fsp3) is 0.679. The highest BCUT2D eigenvalue weighted by Crippen LogP contribution is 2.09. The summed E-state index contributed by atoms with van der Waals surface area (Å²) >= 11 is 5.79. The molecule has 0 saturated heterocycles. The minimum Gasteiger partial charge on any atom is -0.480 e. The van der Waals surface area contributed by atoms with Crippen molar-refractivity contribution in [2.75, 3.05) is 61.7 Å². The highest BCUT2D eigenvalue weighted by Gasteiger charge is 2.31. The first-order valence-electron chi connectivity index (χ1n) is 14.5. The average Bonchev–Trinajstić information content (AvgIpc) is 3.05. The lowest BCUT2D eigenvalue weighted by molar-refractivity contribution is -0.142. The number of hydrogen-bond acceptors (Lipinski definition) is 13. The molecule has 0 saturated carbocycles. The zero-order chi connectivity index (χ0) is 35.8. The van der Waals surface area contributed by atoms with E-state index in [0.29, 0.717) is 23.0 Å². The summed E-state index contributed by atoms with van der Waals surface area (Å²) in [5.41, 5.74) is 5.92. The third kappa shape index (κ3) is 19.7. The predicted octanol–water partition coefficient (Wildman–Crippen LogP) is -0.805. The third-order valence-electron chi connectivity index (χ3n) is 6.36. The van der Waals surface area contributed by atoms with Crippen molar-refractivity contribution in [3.63, 3.8) is 0 Å². The molecule has 0 aliphatic carbocycles. The normalized spacial score (nSPS) is 14.2. The molecule has 0 rings (SSSR count). The van der Waals surface area contributed by atoms with Crippen LogP contribution in [0.4, 0.5) is 0 Å². The highest BCUT2D eigenvalue weighted by atomic mass is 32.2. The number of nitrogens with one attached hydrogen (secondary N) is 5. The zero-order valence-corrected chi connectivity index (χ0v) is 30.6. The van der Waals surface area contributed by atoms with Crippen molar-refractivity contribution < 1.29 is 43.4 Å². The molecule has 0 aromatic rings. The molecule has 0 spiro atoms. The highest BCUT2D eigenvalue weighted by molar-refractivity contribution is 7.99. The lowest BCUT2D eigenvalue weighted by Gasteiger charge is -2.26. The average molecular weight is 741 g/mol. The molecule has 47 heavy (non-hydrogen) atoms. The van der Waals surface area contributed by atoms with Gasteiger partial charge >= 0.3 is 11.9 Å². The quantitative estimate of drug-likeness (QED) is 0.0449. The maximum absolute atomic E-state index is 13.5. The molecule has 8 N–H and O–H groups in total. The molecular formula is C28H48N6O9S4. The van der Waals surface area contributed by atoms with Gasteiger partial charge in [-0.2, -0.15) is 47.0 Å². The van der Waals surface area contributed by atoms with Crippen molar-refractivity contribution in [2.45, 2.75) is 55.9 Å². The van der Waals surface area contributed by atoms with Gasteiger partial charge in [0.2, 0.25) is 29.5 Å². The van der Waals surface area contributed by atoms with Crippen molar-refractivity contribution in [1.29, 1.82) is 0 Å². The molecule has 5 amide bonds. The summed E-state index contributed by atoms with van der Waals surface area (Å²) < 4.78 is 4.41. The number of ether oxygens (including phenoxy) is 1. The number of nitrogens with two attached hydrogens (primary N) is 1. The third-order valence-corrected chi connectivity index (χ3v) is 8.94. The van der Waals surface area contributed by atoms with Gasteiger partial charge in [-0.25, -0.2) is 9.59 Å². The summed E-state index contributed by atoms with van der Waals surface area (Å²) in [6.07, 6.45) is 10.0. The number of methoxy groups -OCH3 is 1. The lowest BCUT2D eigenvalue weighted by atomic mass is 10.1. The lowest BCUT2D eigenvalue weighted by Crippen LogP contribution is -2.59. The van der Waals surface area contributed by atoms with Gasteiger partial charge in [0.05, 0.1) is 7.11 Å². The molecule has 0 aliphatic rings. The summed E-state index contributed by atoms with van der Waals surface area (Å²) in [5.74, 6) is -3.21. The predicted molar refractivity (Wildman–Crippen MR) is 189 cm³/mol. The smallest absolute Gasteiger partial charge is 0.330 e. The molecule has 0 aliphatic heterocycles. The number of amides is 5. The van der Waals surface area contributed by atoms with E-state index < -0.39 is 71.7 Å². The Morgan fingerprint density at radius 2 is 1.00 bits per heavy atom. The van der Waals surface area contributed by atoms with Gasteiger partial charge in [-0.15, -0.1) is 0 Å². The summed E-state index contributed by atoms with van der Waals surface area (Å²) in [5, 5.41) is 22.4. The van der Waals surface area contributed by atoms with Crippen LogP contribution in [0.2, 0.25) is 0 Å². The topological polar surface area (TPSA) is 235 Å². The van der Waals surface area contributed by atoms with Gasteiger partial charge < -0.3 is 42.2 Å². The van der Waals surface area contributed by atoms with E-state index in [2.05, 4.69) is 31.3 Å².